The third kappa shape index (κ3) is 6.20. The van der Waals surface area contributed by atoms with Gasteiger partial charge in [0.2, 0.25) is 5.43 Å². The van der Waals surface area contributed by atoms with Crippen molar-refractivity contribution < 1.29 is 9.59 Å². The maximum Gasteiger partial charge on any atom is 0.259 e. The lowest BCUT2D eigenvalue weighted by molar-refractivity contribution is 0.0648. The van der Waals surface area contributed by atoms with E-state index in [9.17, 15) is 14.4 Å². The van der Waals surface area contributed by atoms with Gasteiger partial charge in [-0.3, -0.25) is 19.3 Å². The van der Waals surface area contributed by atoms with Crippen LogP contribution in [0.4, 0.5) is 0 Å². The molecule has 3 rings (SSSR count). The first-order valence-electron chi connectivity index (χ1n) is 11.7. The zero-order valence-electron chi connectivity index (χ0n) is 19.8. The van der Waals surface area contributed by atoms with Crippen molar-refractivity contribution in [2.75, 3.05) is 39.3 Å². The molecule has 1 aliphatic rings. The van der Waals surface area contributed by atoms with Crippen LogP contribution in [0.2, 0.25) is 0 Å². The molecular weight excluding hydrogens is 416 g/mol. The molecule has 0 radical (unpaired) electrons. The molecule has 33 heavy (non-hydrogen) atoms. The number of benzene rings is 1. The Labute approximate surface area is 195 Å². The quantitative estimate of drug-likeness (QED) is 0.671. The van der Waals surface area contributed by atoms with Crippen molar-refractivity contribution in [1.82, 2.24) is 19.7 Å². The smallest absolute Gasteiger partial charge is 0.259 e. The van der Waals surface area contributed by atoms with Gasteiger partial charge < -0.3 is 14.8 Å². The Bertz CT molecular complexity index is 1040. The van der Waals surface area contributed by atoms with Gasteiger partial charge in [-0.2, -0.15) is 0 Å². The average molecular weight is 451 g/mol. The molecule has 1 aliphatic heterocycles. The molecular formula is C26H34N4O3. The van der Waals surface area contributed by atoms with E-state index >= 15 is 0 Å². The number of rotatable bonds is 8. The molecule has 2 amide bonds. The molecule has 2 heterocycles. The topological polar surface area (TPSA) is 74.7 Å². The molecule has 176 valence electrons. The van der Waals surface area contributed by atoms with E-state index in [-0.39, 0.29) is 23.1 Å². The van der Waals surface area contributed by atoms with Crippen LogP contribution in [0, 0.1) is 0 Å². The minimum Gasteiger partial charge on any atom is -0.352 e. The number of piperazine rings is 1. The van der Waals surface area contributed by atoms with Crippen LogP contribution >= 0.6 is 0 Å². The molecule has 0 bridgehead atoms. The fraction of sp³-hybridized carbons (Fsp3) is 0.423. The van der Waals surface area contributed by atoms with Gasteiger partial charge in [0.15, 0.2) is 0 Å². The predicted molar refractivity (Wildman–Crippen MR) is 132 cm³/mol. The monoisotopic (exact) mass is 450 g/mol. The van der Waals surface area contributed by atoms with Crippen molar-refractivity contribution in [3.8, 4) is 0 Å². The summed E-state index contributed by atoms with van der Waals surface area (Å²) in [6, 6.07) is 10.2. The van der Waals surface area contributed by atoms with Crippen molar-refractivity contribution in [2.45, 2.75) is 33.2 Å². The molecule has 0 saturated carbocycles. The summed E-state index contributed by atoms with van der Waals surface area (Å²) >= 11 is 0. The van der Waals surface area contributed by atoms with Gasteiger partial charge in [0.1, 0.15) is 11.1 Å². The van der Waals surface area contributed by atoms with Crippen molar-refractivity contribution in [2.24, 2.45) is 0 Å². The summed E-state index contributed by atoms with van der Waals surface area (Å²) in [4.78, 5) is 42.8. The molecule has 1 saturated heterocycles. The zero-order valence-corrected chi connectivity index (χ0v) is 19.8. The summed E-state index contributed by atoms with van der Waals surface area (Å²) in [6.07, 6.45) is 8.22. The number of pyridine rings is 1. The standard InChI is InChI=1S/C26H34N4O3/c1-4-20(3)30-18-22(25(32)27-5-2)24(31)23(19-30)26(33)29-16-14-28(15-17-29)13-9-12-21-10-7-6-8-11-21/h6-12,18-20H,4-5,13-17H2,1-3H3,(H,27,32)/b12-9+/t20-/m0/s1. The second-order valence-electron chi connectivity index (χ2n) is 8.38. The van der Waals surface area contributed by atoms with Crippen molar-refractivity contribution in [1.29, 1.82) is 0 Å². The van der Waals surface area contributed by atoms with E-state index in [4.69, 9.17) is 0 Å². The van der Waals surface area contributed by atoms with Crippen molar-refractivity contribution >= 4 is 17.9 Å². The number of aromatic nitrogens is 1. The molecule has 0 spiro atoms. The third-order valence-corrected chi connectivity index (χ3v) is 6.09. The highest BCUT2D eigenvalue weighted by Gasteiger charge is 2.26. The summed E-state index contributed by atoms with van der Waals surface area (Å²) in [7, 11) is 0. The molecule has 0 aliphatic carbocycles. The maximum atomic E-state index is 13.3. The fourth-order valence-corrected chi connectivity index (χ4v) is 3.84. The number of hydrogen-bond donors (Lipinski definition) is 1. The maximum absolute atomic E-state index is 13.3. The van der Waals surface area contributed by atoms with Crippen molar-refractivity contribution in [3.05, 3.63) is 75.7 Å². The number of nitrogens with zero attached hydrogens (tertiary/aromatic N) is 3. The van der Waals surface area contributed by atoms with Gasteiger partial charge in [0.25, 0.3) is 11.8 Å². The highest BCUT2D eigenvalue weighted by Crippen LogP contribution is 2.14. The van der Waals surface area contributed by atoms with Gasteiger partial charge in [0, 0.05) is 57.7 Å². The number of carbonyl (C=O) groups excluding carboxylic acids is 2. The molecule has 7 heteroatoms. The predicted octanol–water partition coefficient (Wildman–Crippen LogP) is 3.04. The number of amides is 2. The zero-order chi connectivity index (χ0) is 23.8. The largest absolute Gasteiger partial charge is 0.352 e. The van der Waals surface area contributed by atoms with Gasteiger partial charge in [-0.25, -0.2) is 0 Å². The lowest BCUT2D eigenvalue weighted by Crippen LogP contribution is -2.49. The molecule has 7 nitrogen and oxygen atoms in total. The van der Waals surface area contributed by atoms with Gasteiger partial charge in [0.05, 0.1) is 0 Å². The first kappa shape index (κ1) is 24.5. The Morgan fingerprint density at radius 2 is 1.70 bits per heavy atom. The Balaban J connectivity index is 1.70. The fourth-order valence-electron chi connectivity index (χ4n) is 3.84. The second-order valence-corrected chi connectivity index (χ2v) is 8.38. The SMILES string of the molecule is CCNC(=O)c1cn([C@@H](C)CC)cc(C(=O)N2CCN(C/C=C/c3ccccc3)CC2)c1=O. The van der Waals surface area contributed by atoms with E-state index in [2.05, 4.69) is 34.5 Å². The summed E-state index contributed by atoms with van der Waals surface area (Å²) < 4.78 is 1.81. The Morgan fingerprint density at radius 3 is 2.33 bits per heavy atom. The van der Waals surface area contributed by atoms with Crippen LogP contribution < -0.4 is 10.7 Å². The molecule has 1 aromatic heterocycles. The van der Waals surface area contributed by atoms with E-state index < -0.39 is 11.3 Å². The number of hydrogen-bond acceptors (Lipinski definition) is 4. The first-order chi connectivity index (χ1) is 15.9. The summed E-state index contributed by atoms with van der Waals surface area (Å²) in [5.41, 5.74) is 0.749. The highest BCUT2D eigenvalue weighted by atomic mass is 16.2. The summed E-state index contributed by atoms with van der Waals surface area (Å²) in [6.45, 7) is 9.63. The summed E-state index contributed by atoms with van der Waals surface area (Å²) in [5, 5.41) is 2.68. The lowest BCUT2D eigenvalue weighted by atomic mass is 10.1. The van der Waals surface area contributed by atoms with Crippen LogP contribution in [0.5, 0.6) is 0 Å². The Morgan fingerprint density at radius 1 is 1.03 bits per heavy atom. The molecule has 1 aromatic carbocycles. The van der Waals surface area contributed by atoms with E-state index in [0.29, 0.717) is 19.6 Å². The van der Waals surface area contributed by atoms with Gasteiger partial charge in [-0.05, 0) is 25.8 Å². The average Bonchev–Trinajstić information content (AvgIpc) is 2.84. The first-order valence-corrected chi connectivity index (χ1v) is 11.7. The second kappa shape index (κ2) is 11.6. The normalized spacial score (nSPS) is 15.5. The molecule has 1 N–H and O–H groups in total. The Hall–Kier alpha value is -3.19. The minimum absolute atomic E-state index is 0.0210. The van der Waals surface area contributed by atoms with Crippen LogP contribution in [0.1, 0.15) is 59.5 Å². The number of nitrogens with one attached hydrogen (secondary N) is 1. The highest BCUT2D eigenvalue weighted by molar-refractivity contribution is 5.99. The van der Waals surface area contributed by atoms with Crippen LogP contribution in [-0.2, 0) is 0 Å². The van der Waals surface area contributed by atoms with Gasteiger partial charge in [-0.1, -0.05) is 49.4 Å². The lowest BCUT2D eigenvalue weighted by Gasteiger charge is -2.34. The molecule has 2 aromatic rings. The van der Waals surface area contributed by atoms with Crippen LogP contribution in [0.3, 0.4) is 0 Å². The summed E-state index contributed by atoms with van der Waals surface area (Å²) in [5.74, 6) is -0.744. The Kier molecular flexibility index (Phi) is 8.60. The van der Waals surface area contributed by atoms with E-state index in [1.165, 1.54) is 0 Å². The van der Waals surface area contributed by atoms with E-state index in [1.807, 2.05) is 36.6 Å². The number of carbonyl (C=O) groups is 2. The third-order valence-electron chi connectivity index (χ3n) is 6.09. The van der Waals surface area contributed by atoms with Gasteiger partial charge >= 0.3 is 0 Å². The molecule has 0 unspecified atom stereocenters. The van der Waals surface area contributed by atoms with Gasteiger partial charge in [-0.15, -0.1) is 0 Å². The molecule has 1 atom stereocenters. The van der Waals surface area contributed by atoms with Crippen LogP contribution in [-0.4, -0.2) is 65.4 Å². The van der Waals surface area contributed by atoms with E-state index in [1.54, 1.807) is 24.2 Å². The van der Waals surface area contributed by atoms with E-state index in [0.717, 1.165) is 31.6 Å². The van der Waals surface area contributed by atoms with Crippen LogP contribution in [0.15, 0.2) is 53.6 Å². The van der Waals surface area contributed by atoms with Crippen LogP contribution in [0.25, 0.3) is 6.08 Å². The minimum atomic E-state index is -0.501. The molecule has 1 fully saturated rings. The van der Waals surface area contributed by atoms with Crippen molar-refractivity contribution in [3.63, 3.8) is 0 Å².